The molecule has 1 aromatic heterocycles. The molecule has 4 aromatic rings. The molecule has 2 heterocycles. The average Bonchev–Trinajstić information content (AvgIpc) is 3.47. The van der Waals surface area contributed by atoms with Gasteiger partial charge >= 0.3 is 0 Å². The van der Waals surface area contributed by atoms with E-state index < -0.39 is 32.8 Å². The quantitative estimate of drug-likeness (QED) is 0.276. The number of nitro groups is 1. The molecule has 5 rings (SSSR count). The first-order valence-corrected chi connectivity index (χ1v) is 12.4. The maximum Gasteiger partial charge on any atom is 0.289 e. The molecule has 1 atom stereocenters. The van der Waals surface area contributed by atoms with Crippen molar-refractivity contribution >= 4 is 50.0 Å². The van der Waals surface area contributed by atoms with E-state index in [1.54, 1.807) is 48.5 Å². The van der Waals surface area contributed by atoms with Gasteiger partial charge in [-0.2, -0.15) is 5.01 Å². The summed E-state index contributed by atoms with van der Waals surface area (Å²) in [5, 5.41) is 17.1. The van der Waals surface area contributed by atoms with Gasteiger partial charge in [0.25, 0.3) is 15.7 Å². The molecule has 1 aliphatic rings. The zero-order chi connectivity index (χ0) is 25.6. The highest BCUT2D eigenvalue weighted by Gasteiger charge is 2.36. The van der Waals surface area contributed by atoms with Crippen LogP contribution < -0.4 is 0 Å². The third-order valence-electron chi connectivity index (χ3n) is 5.63. The average molecular weight is 525 g/mol. The Morgan fingerprint density at radius 2 is 1.78 bits per heavy atom. The van der Waals surface area contributed by atoms with E-state index >= 15 is 0 Å². The van der Waals surface area contributed by atoms with Crippen molar-refractivity contribution in [1.29, 1.82) is 0 Å². The van der Waals surface area contributed by atoms with Gasteiger partial charge in [0.15, 0.2) is 0 Å². The van der Waals surface area contributed by atoms with E-state index in [4.69, 9.17) is 16.3 Å². The summed E-state index contributed by atoms with van der Waals surface area (Å²) >= 11 is 5.87. The number of hydrogen-bond donors (Lipinski definition) is 0. The Kier molecular flexibility index (Phi) is 5.73. The number of ether oxygens (including phenoxy) is 1. The summed E-state index contributed by atoms with van der Waals surface area (Å²) in [6.07, 6.45) is 0.309. The number of carbonyl (C=O) groups excluding carboxylic acids is 1. The molecule has 0 radical (unpaired) electrons. The van der Waals surface area contributed by atoms with Gasteiger partial charge in [-0.05, 0) is 30.3 Å². The second-order valence-corrected chi connectivity index (χ2v) is 10.1. The summed E-state index contributed by atoms with van der Waals surface area (Å²) in [6, 6.07) is 18.9. The van der Waals surface area contributed by atoms with Crippen LogP contribution in [0.1, 0.15) is 24.3 Å². The fourth-order valence-electron chi connectivity index (χ4n) is 3.94. The molecule has 0 fully saturated rings. The number of rotatable bonds is 5. The molecule has 1 amide bonds. The van der Waals surface area contributed by atoms with Crippen LogP contribution in [0.2, 0.25) is 5.02 Å². The normalized spacial score (nSPS) is 15.6. The van der Waals surface area contributed by atoms with Crippen molar-refractivity contribution in [2.24, 2.45) is 5.10 Å². The van der Waals surface area contributed by atoms with Crippen LogP contribution in [-0.2, 0) is 19.6 Å². The molecule has 0 bridgehead atoms. The molecule has 0 spiro atoms. The molecular weight excluding hydrogens is 508 g/mol. The van der Waals surface area contributed by atoms with Gasteiger partial charge in [0.1, 0.15) is 5.02 Å². The number of amides is 1. The minimum atomic E-state index is -4.29. The van der Waals surface area contributed by atoms with Crippen molar-refractivity contribution in [2.45, 2.75) is 18.0 Å². The number of halogens is 1. The minimum absolute atomic E-state index is 0.181. The van der Waals surface area contributed by atoms with Crippen molar-refractivity contribution in [3.63, 3.8) is 0 Å². The molecular formula is C24H17ClN4O6S. The summed E-state index contributed by atoms with van der Waals surface area (Å²) in [5.41, 5.74) is 0.793. The van der Waals surface area contributed by atoms with E-state index in [1.807, 2.05) is 6.07 Å². The standard InChI is InChI=1S/C24H17ClN4O6S/c1-15(30)28-24(35-23(26-28)16-7-3-2-4-8-16)19-14-27(21-10-6-5-9-18(19)21)36(33,34)17-11-12-20(25)22(13-17)29(31)32/h2-14,24H,1H3. The Balaban J connectivity index is 1.65. The largest absolute Gasteiger partial charge is 0.446 e. The van der Waals surface area contributed by atoms with E-state index in [0.29, 0.717) is 22.0 Å². The highest BCUT2D eigenvalue weighted by molar-refractivity contribution is 7.90. The van der Waals surface area contributed by atoms with Gasteiger partial charge in [0.2, 0.25) is 18.0 Å². The number of para-hydroxylation sites is 1. The number of aromatic nitrogens is 1. The van der Waals surface area contributed by atoms with Crippen LogP contribution in [0.3, 0.4) is 0 Å². The van der Waals surface area contributed by atoms with Gasteiger partial charge in [0.05, 0.1) is 15.3 Å². The molecule has 182 valence electrons. The van der Waals surface area contributed by atoms with Crippen LogP contribution in [0.15, 0.2) is 89.0 Å². The topological polar surface area (TPSA) is 124 Å². The van der Waals surface area contributed by atoms with Crippen molar-refractivity contribution in [2.75, 3.05) is 0 Å². The predicted octanol–water partition coefficient (Wildman–Crippen LogP) is 4.68. The fraction of sp³-hybridized carbons (Fsp3) is 0.0833. The SMILES string of the molecule is CC(=O)N1N=C(c2ccccc2)OC1c1cn(S(=O)(=O)c2ccc(Cl)c([N+](=O)[O-])c2)c2ccccc12. The Bertz CT molecular complexity index is 1670. The molecule has 10 nitrogen and oxygen atoms in total. The third kappa shape index (κ3) is 3.88. The maximum atomic E-state index is 13.6. The van der Waals surface area contributed by atoms with Crippen LogP contribution in [0.5, 0.6) is 0 Å². The highest BCUT2D eigenvalue weighted by Crippen LogP contribution is 2.37. The van der Waals surface area contributed by atoms with E-state index in [1.165, 1.54) is 19.2 Å². The molecule has 12 heteroatoms. The third-order valence-corrected chi connectivity index (χ3v) is 7.62. The van der Waals surface area contributed by atoms with Crippen molar-refractivity contribution in [1.82, 2.24) is 8.98 Å². The summed E-state index contributed by atoms with van der Waals surface area (Å²) in [5.74, 6) is -0.192. The number of nitrogens with zero attached hydrogens (tertiary/aromatic N) is 4. The Labute approximate surface area is 210 Å². The number of nitro benzene ring substituents is 1. The molecule has 36 heavy (non-hydrogen) atoms. The van der Waals surface area contributed by atoms with E-state index in [2.05, 4.69) is 5.10 Å². The molecule has 0 saturated heterocycles. The van der Waals surface area contributed by atoms with Gasteiger partial charge in [-0.25, -0.2) is 12.4 Å². The monoisotopic (exact) mass is 524 g/mol. The first kappa shape index (κ1) is 23.5. The first-order chi connectivity index (χ1) is 17.2. The first-order valence-electron chi connectivity index (χ1n) is 10.6. The van der Waals surface area contributed by atoms with E-state index in [9.17, 15) is 23.3 Å². The lowest BCUT2D eigenvalue weighted by Crippen LogP contribution is -2.25. The highest BCUT2D eigenvalue weighted by atomic mass is 35.5. The second-order valence-electron chi connectivity index (χ2n) is 7.88. The van der Waals surface area contributed by atoms with Crippen molar-refractivity contribution in [3.8, 4) is 0 Å². The Morgan fingerprint density at radius 3 is 2.47 bits per heavy atom. The van der Waals surface area contributed by atoms with Crippen LogP contribution in [0.4, 0.5) is 5.69 Å². The van der Waals surface area contributed by atoms with Crippen LogP contribution in [0, 0.1) is 10.1 Å². The minimum Gasteiger partial charge on any atom is -0.446 e. The van der Waals surface area contributed by atoms with E-state index in [-0.39, 0.29) is 15.8 Å². The maximum absolute atomic E-state index is 13.6. The lowest BCUT2D eigenvalue weighted by atomic mass is 10.1. The van der Waals surface area contributed by atoms with Gasteiger partial charge in [-0.1, -0.05) is 48.0 Å². The molecule has 3 aromatic carbocycles. The molecule has 1 unspecified atom stereocenters. The Hall–Kier alpha value is -4.22. The number of hydrogen-bond acceptors (Lipinski definition) is 7. The Morgan fingerprint density at radius 1 is 1.08 bits per heavy atom. The fourth-order valence-corrected chi connectivity index (χ4v) is 5.53. The number of hydrazone groups is 1. The predicted molar refractivity (Wildman–Crippen MR) is 132 cm³/mol. The molecule has 0 N–H and O–H groups in total. The lowest BCUT2D eigenvalue weighted by molar-refractivity contribution is -0.384. The van der Waals surface area contributed by atoms with Gasteiger partial charge in [0, 0.05) is 35.7 Å². The van der Waals surface area contributed by atoms with Gasteiger partial charge < -0.3 is 4.74 Å². The zero-order valence-corrected chi connectivity index (χ0v) is 20.2. The number of benzene rings is 3. The van der Waals surface area contributed by atoms with Crippen LogP contribution in [-0.4, -0.2) is 34.1 Å². The summed E-state index contributed by atoms with van der Waals surface area (Å²) in [6.45, 7) is 1.33. The van der Waals surface area contributed by atoms with Crippen molar-refractivity contribution < 1.29 is 22.9 Å². The van der Waals surface area contributed by atoms with Crippen LogP contribution in [0.25, 0.3) is 10.9 Å². The van der Waals surface area contributed by atoms with E-state index in [0.717, 1.165) is 21.1 Å². The van der Waals surface area contributed by atoms with Gasteiger partial charge in [-0.3, -0.25) is 14.9 Å². The van der Waals surface area contributed by atoms with Gasteiger partial charge in [-0.15, -0.1) is 5.10 Å². The lowest BCUT2D eigenvalue weighted by Gasteiger charge is -2.18. The molecule has 0 saturated carbocycles. The van der Waals surface area contributed by atoms with Crippen molar-refractivity contribution in [3.05, 3.63) is 105 Å². The summed E-state index contributed by atoms with van der Waals surface area (Å²) < 4.78 is 34.3. The summed E-state index contributed by atoms with van der Waals surface area (Å²) in [7, 11) is -4.29. The molecule has 1 aliphatic heterocycles. The molecule has 0 aliphatic carbocycles. The summed E-state index contributed by atoms with van der Waals surface area (Å²) in [4.78, 5) is 22.7. The number of fused-ring (bicyclic) bond motifs is 1. The van der Waals surface area contributed by atoms with Crippen LogP contribution >= 0.6 is 11.6 Å². The zero-order valence-electron chi connectivity index (χ0n) is 18.6. The smallest absolute Gasteiger partial charge is 0.289 e. The number of carbonyl (C=O) groups is 1. The second kappa shape index (κ2) is 8.77.